The lowest BCUT2D eigenvalue weighted by Gasteiger charge is -2.06. The lowest BCUT2D eigenvalue weighted by atomic mass is 10.3. The molecule has 3 aromatic rings. The Bertz CT molecular complexity index is 671. The van der Waals surface area contributed by atoms with E-state index >= 15 is 0 Å². The van der Waals surface area contributed by atoms with E-state index < -0.39 is 0 Å². The summed E-state index contributed by atoms with van der Waals surface area (Å²) < 4.78 is 3.57. The molecule has 0 saturated carbocycles. The molecule has 3 rings (SSSR count). The fourth-order valence-corrected chi connectivity index (χ4v) is 1.96. The average Bonchev–Trinajstić information content (AvgIpc) is 3.10. The molecule has 2 heterocycles. The van der Waals surface area contributed by atoms with Gasteiger partial charge in [-0.25, -0.2) is 0 Å². The van der Waals surface area contributed by atoms with Crippen molar-refractivity contribution in [1.29, 1.82) is 0 Å². The van der Waals surface area contributed by atoms with E-state index in [0.29, 0.717) is 6.54 Å². The minimum Gasteiger partial charge on any atom is -0.304 e. The van der Waals surface area contributed by atoms with Gasteiger partial charge in [0.15, 0.2) is 5.82 Å². The molecule has 0 spiro atoms. The third-order valence-corrected chi connectivity index (χ3v) is 3.05. The first-order chi connectivity index (χ1) is 9.84. The summed E-state index contributed by atoms with van der Waals surface area (Å²) in [6.45, 7) is 1.31. The van der Waals surface area contributed by atoms with Crippen LogP contribution in [0.15, 0.2) is 42.6 Å². The van der Waals surface area contributed by atoms with Gasteiger partial charge in [0.05, 0.1) is 17.9 Å². The molecular weight excluding hydrogens is 254 g/mol. The Morgan fingerprint density at radius 1 is 1.10 bits per heavy atom. The summed E-state index contributed by atoms with van der Waals surface area (Å²) in [6, 6.07) is 11.8. The maximum absolute atomic E-state index is 4.13. The first-order valence-corrected chi connectivity index (χ1v) is 6.35. The van der Waals surface area contributed by atoms with Gasteiger partial charge in [-0.15, -0.1) is 5.10 Å². The Morgan fingerprint density at radius 3 is 2.70 bits per heavy atom. The lowest BCUT2D eigenvalue weighted by molar-refractivity contribution is 0.601. The van der Waals surface area contributed by atoms with E-state index in [4.69, 9.17) is 0 Å². The van der Waals surface area contributed by atoms with Gasteiger partial charge in [-0.1, -0.05) is 18.2 Å². The van der Waals surface area contributed by atoms with Crippen LogP contribution >= 0.6 is 0 Å². The molecule has 0 aliphatic carbocycles. The third kappa shape index (κ3) is 2.57. The molecule has 1 aromatic carbocycles. The Balaban J connectivity index is 1.67. The summed E-state index contributed by atoms with van der Waals surface area (Å²) in [6.07, 6.45) is 1.78. The van der Waals surface area contributed by atoms with Crippen LogP contribution < -0.4 is 5.32 Å². The molecule has 0 atom stereocenters. The lowest BCUT2D eigenvalue weighted by Crippen LogP contribution is -2.18. The summed E-state index contributed by atoms with van der Waals surface area (Å²) in [5.41, 5.74) is 2.07. The molecule has 7 heteroatoms. The van der Waals surface area contributed by atoms with E-state index in [2.05, 4.69) is 25.9 Å². The smallest absolute Gasteiger partial charge is 0.170 e. The fourth-order valence-electron chi connectivity index (χ4n) is 1.96. The van der Waals surface area contributed by atoms with Crippen LogP contribution in [0, 0.1) is 0 Å². The molecule has 0 radical (unpaired) electrons. The summed E-state index contributed by atoms with van der Waals surface area (Å²) in [7, 11) is 1.92. The molecule has 0 aliphatic heterocycles. The Labute approximate surface area is 116 Å². The second-order valence-corrected chi connectivity index (χ2v) is 4.39. The van der Waals surface area contributed by atoms with Crippen molar-refractivity contribution in [3.8, 4) is 5.69 Å². The number of tetrazole rings is 1. The van der Waals surface area contributed by atoms with Gasteiger partial charge in [-0.3, -0.25) is 4.68 Å². The molecule has 2 aromatic heterocycles. The Kier molecular flexibility index (Phi) is 3.51. The van der Waals surface area contributed by atoms with Gasteiger partial charge < -0.3 is 5.32 Å². The minimum atomic E-state index is 0.590. The minimum absolute atomic E-state index is 0.590. The van der Waals surface area contributed by atoms with Gasteiger partial charge in [-0.2, -0.15) is 9.78 Å². The normalized spacial score (nSPS) is 10.8. The van der Waals surface area contributed by atoms with Crippen LogP contribution in [0.4, 0.5) is 0 Å². The van der Waals surface area contributed by atoms with Crippen LogP contribution in [0.1, 0.15) is 11.5 Å². The predicted molar refractivity (Wildman–Crippen MR) is 72.9 cm³/mol. The summed E-state index contributed by atoms with van der Waals surface area (Å²) in [5, 5.41) is 19.3. The number of aromatic nitrogens is 6. The van der Waals surface area contributed by atoms with Crippen molar-refractivity contribution in [1.82, 2.24) is 35.3 Å². The molecule has 20 heavy (non-hydrogen) atoms. The first kappa shape index (κ1) is 12.5. The monoisotopic (exact) mass is 269 g/mol. The standard InChI is InChI=1S/C13H15N7/c1-19-12(7-8-15-19)9-14-10-13-16-17-18-20(13)11-5-3-2-4-6-11/h2-8,14H,9-10H2,1H3. The van der Waals surface area contributed by atoms with Crippen molar-refractivity contribution >= 4 is 0 Å². The topological polar surface area (TPSA) is 73.5 Å². The van der Waals surface area contributed by atoms with E-state index in [9.17, 15) is 0 Å². The number of hydrogen-bond acceptors (Lipinski definition) is 5. The molecule has 0 aliphatic rings. The number of hydrogen-bond donors (Lipinski definition) is 1. The number of para-hydroxylation sites is 1. The van der Waals surface area contributed by atoms with E-state index in [1.807, 2.05) is 48.1 Å². The highest BCUT2D eigenvalue weighted by Crippen LogP contribution is 2.06. The van der Waals surface area contributed by atoms with Crippen LogP contribution in [-0.4, -0.2) is 30.0 Å². The predicted octanol–water partition coefficient (Wildman–Crippen LogP) is 0.686. The maximum atomic E-state index is 4.13. The number of nitrogens with one attached hydrogen (secondary N) is 1. The van der Waals surface area contributed by atoms with Crippen LogP contribution in [0.25, 0.3) is 5.69 Å². The quantitative estimate of drug-likeness (QED) is 0.737. The second-order valence-electron chi connectivity index (χ2n) is 4.39. The first-order valence-electron chi connectivity index (χ1n) is 6.35. The van der Waals surface area contributed by atoms with Crippen LogP contribution in [0.5, 0.6) is 0 Å². The highest BCUT2D eigenvalue weighted by Gasteiger charge is 2.07. The molecular formula is C13H15N7. The fraction of sp³-hybridized carbons (Fsp3) is 0.231. The van der Waals surface area contributed by atoms with Gasteiger partial charge >= 0.3 is 0 Å². The van der Waals surface area contributed by atoms with Crippen LogP contribution in [0.3, 0.4) is 0 Å². The van der Waals surface area contributed by atoms with Gasteiger partial charge in [0, 0.05) is 19.8 Å². The highest BCUT2D eigenvalue weighted by atomic mass is 15.5. The molecule has 0 saturated heterocycles. The second kappa shape index (κ2) is 5.62. The van der Waals surface area contributed by atoms with Gasteiger partial charge in [0.1, 0.15) is 0 Å². The molecule has 102 valence electrons. The van der Waals surface area contributed by atoms with Crippen molar-refractivity contribution in [2.45, 2.75) is 13.1 Å². The largest absolute Gasteiger partial charge is 0.304 e. The SMILES string of the molecule is Cn1nccc1CNCc1nnnn1-c1ccccc1. The van der Waals surface area contributed by atoms with Crippen LogP contribution in [-0.2, 0) is 20.1 Å². The van der Waals surface area contributed by atoms with Gasteiger partial charge in [-0.05, 0) is 28.6 Å². The molecule has 1 N–H and O–H groups in total. The van der Waals surface area contributed by atoms with Crippen molar-refractivity contribution in [2.24, 2.45) is 7.05 Å². The number of benzene rings is 1. The van der Waals surface area contributed by atoms with Crippen molar-refractivity contribution in [3.63, 3.8) is 0 Å². The summed E-state index contributed by atoms with van der Waals surface area (Å²) in [4.78, 5) is 0. The third-order valence-electron chi connectivity index (χ3n) is 3.05. The van der Waals surface area contributed by atoms with Gasteiger partial charge in [0.2, 0.25) is 0 Å². The van der Waals surface area contributed by atoms with E-state index in [-0.39, 0.29) is 0 Å². The number of aryl methyl sites for hydroxylation is 1. The molecule has 0 unspecified atom stereocenters. The van der Waals surface area contributed by atoms with E-state index in [0.717, 1.165) is 23.8 Å². The van der Waals surface area contributed by atoms with E-state index in [1.54, 1.807) is 10.9 Å². The number of nitrogens with zero attached hydrogens (tertiary/aromatic N) is 6. The highest BCUT2D eigenvalue weighted by molar-refractivity contribution is 5.30. The Hall–Kier alpha value is -2.54. The van der Waals surface area contributed by atoms with Crippen LogP contribution in [0.2, 0.25) is 0 Å². The van der Waals surface area contributed by atoms with Crippen molar-refractivity contribution in [2.75, 3.05) is 0 Å². The summed E-state index contributed by atoms with van der Waals surface area (Å²) >= 11 is 0. The van der Waals surface area contributed by atoms with Crippen molar-refractivity contribution < 1.29 is 0 Å². The zero-order valence-electron chi connectivity index (χ0n) is 11.1. The zero-order chi connectivity index (χ0) is 13.8. The summed E-state index contributed by atoms with van der Waals surface area (Å²) in [5.74, 6) is 0.776. The maximum Gasteiger partial charge on any atom is 0.170 e. The van der Waals surface area contributed by atoms with Gasteiger partial charge in [0.25, 0.3) is 0 Å². The number of rotatable bonds is 5. The van der Waals surface area contributed by atoms with Crippen molar-refractivity contribution in [3.05, 3.63) is 54.1 Å². The Morgan fingerprint density at radius 2 is 1.95 bits per heavy atom. The average molecular weight is 269 g/mol. The molecule has 0 fully saturated rings. The molecule has 0 amide bonds. The zero-order valence-corrected chi connectivity index (χ0v) is 11.1. The van der Waals surface area contributed by atoms with E-state index in [1.165, 1.54) is 0 Å². The molecule has 7 nitrogen and oxygen atoms in total. The molecule has 0 bridgehead atoms.